The Kier molecular flexibility index (Phi) is 4.46. The average molecular weight is 410 g/mol. The van der Waals surface area contributed by atoms with Crippen LogP contribution in [0.15, 0.2) is 35.6 Å². The van der Waals surface area contributed by atoms with Gasteiger partial charge in [-0.05, 0) is 30.2 Å². The lowest BCUT2D eigenvalue weighted by Crippen LogP contribution is -2.25. The molecule has 0 spiro atoms. The van der Waals surface area contributed by atoms with E-state index in [-0.39, 0.29) is 18.5 Å². The minimum absolute atomic E-state index is 0.0957. The first kappa shape index (κ1) is 18.7. The van der Waals surface area contributed by atoms with E-state index in [2.05, 4.69) is 0 Å². The highest BCUT2D eigenvalue weighted by Gasteiger charge is 2.39. The Morgan fingerprint density at radius 2 is 1.57 bits per heavy atom. The monoisotopic (exact) mass is 410 g/mol. The van der Waals surface area contributed by atoms with Gasteiger partial charge in [0.25, 0.3) is 0 Å². The van der Waals surface area contributed by atoms with E-state index in [0.717, 1.165) is 29.7 Å². The second kappa shape index (κ2) is 7.16. The average Bonchev–Trinajstić information content (AvgIpc) is 3.22. The molecule has 0 N–H and O–H groups in total. The van der Waals surface area contributed by atoms with Gasteiger partial charge < -0.3 is 28.4 Å². The zero-order chi connectivity index (χ0) is 20.8. The van der Waals surface area contributed by atoms with Crippen molar-refractivity contribution in [3.05, 3.63) is 46.7 Å². The summed E-state index contributed by atoms with van der Waals surface area (Å²) in [4.78, 5) is 13.0. The molecule has 30 heavy (non-hydrogen) atoms. The minimum atomic E-state index is -0.334. The van der Waals surface area contributed by atoms with E-state index in [9.17, 15) is 4.79 Å². The van der Waals surface area contributed by atoms with Gasteiger partial charge in [-0.15, -0.1) is 0 Å². The second-order valence-corrected chi connectivity index (χ2v) is 7.35. The summed E-state index contributed by atoms with van der Waals surface area (Å²) < 4.78 is 33.9. The Morgan fingerprint density at radius 3 is 2.23 bits per heavy atom. The summed E-state index contributed by atoms with van der Waals surface area (Å²) in [6.07, 6.45) is 2.00. The van der Waals surface area contributed by atoms with Crippen LogP contribution in [0, 0.1) is 0 Å². The molecule has 0 bridgehead atoms. The third-order valence-electron chi connectivity index (χ3n) is 5.77. The maximum absolute atomic E-state index is 13.0. The molecule has 0 saturated carbocycles. The summed E-state index contributed by atoms with van der Waals surface area (Å²) in [5, 5.41) is 0. The molecule has 2 heterocycles. The summed E-state index contributed by atoms with van der Waals surface area (Å²) in [5.41, 5.74) is 2.39. The fourth-order valence-corrected chi connectivity index (χ4v) is 4.42. The van der Waals surface area contributed by atoms with Crippen LogP contribution in [0.3, 0.4) is 0 Å². The predicted octanol–water partition coefficient (Wildman–Crippen LogP) is 3.97. The molecule has 0 radical (unpaired) electrons. The minimum Gasteiger partial charge on any atom is -0.493 e. The van der Waals surface area contributed by atoms with Gasteiger partial charge in [0.1, 0.15) is 11.5 Å². The molecule has 0 unspecified atom stereocenters. The second-order valence-electron chi connectivity index (χ2n) is 7.35. The van der Waals surface area contributed by atoms with Crippen molar-refractivity contribution in [2.75, 3.05) is 28.1 Å². The Hall–Kier alpha value is -3.35. The number of ether oxygens (including phenoxy) is 6. The highest BCUT2D eigenvalue weighted by Crippen LogP contribution is 2.52. The first-order valence-electron chi connectivity index (χ1n) is 9.82. The van der Waals surface area contributed by atoms with Gasteiger partial charge in [0.05, 0.1) is 21.3 Å². The zero-order valence-electron chi connectivity index (χ0n) is 17.1. The van der Waals surface area contributed by atoms with Crippen LogP contribution >= 0.6 is 0 Å². The quantitative estimate of drug-likeness (QED) is 0.755. The van der Waals surface area contributed by atoms with Crippen molar-refractivity contribution in [2.45, 2.75) is 25.2 Å². The van der Waals surface area contributed by atoms with Gasteiger partial charge in [-0.25, -0.2) is 0 Å². The SMILES string of the molecule is COc1cc([C@@H]2C3=C(CCCC3=O)Oc3cc4c(cc32)OCO4)cc(OC)c1OC. The fourth-order valence-electron chi connectivity index (χ4n) is 4.42. The lowest BCUT2D eigenvalue weighted by atomic mass is 9.77. The fraction of sp³-hybridized carbons (Fsp3) is 0.348. The van der Waals surface area contributed by atoms with Gasteiger partial charge in [0.2, 0.25) is 12.5 Å². The molecule has 0 saturated heterocycles. The number of rotatable bonds is 4. The largest absolute Gasteiger partial charge is 0.493 e. The summed E-state index contributed by atoms with van der Waals surface area (Å²) >= 11 is 0. The Balaban J connectivity index is 1.75. The van der Waals surface area contributed by atoms with Gasteiger partial charge in [-0.2, -0.15) is 0 Å². The molecule has 7 heteroatoms. The van der Waals surface area contributed by atoms with Crippen molar-refractivity contribution < 1.29 is 33.2 Å². The van der Waals surface area contributed by atoms with Gasteiger partial charge in [0.15, 0.2) is 28.8 Å². The number of Topliss-reactive ketones (excluding diaryl/α,β-unsaturated/α-hetero) is 1. The van der Waals surface area contributed by atoms with E-state index < -0.39 is 0 Å². The van der Waals surface area contributed by atoms with Crippen molar-refractivity contribution in [2.24, 2.45) is 0 Å². The Bertz CT molecular complexity index is 1040. The van der Waals surface area contributed by atoms with Gasteiger partial charge in [-0.1, -0.05) is 0 Å². The number of hydrogen-bond acceptors (Lipinski definition) is 7. The number of carbonyl (C=O) groups excluding carboxylic acids is 1. The molecule has 0 aromatic heterocycles. The molecule has 0 fully saturated rings. The predicted molar refractivity (Wildman–Crippen MR) is 107 cm³/mol. The Labute approximate surface area is 174 Å². The van der Waals surface area contributed by atoms with Crippen molar-refractivity contribution in [1.82, 2.24) is 0 Å². The third kappa shape index (κ3) is 2.76. The van der Waals surface area contributed by atoms with Crippen molar-refractivity contribution in [3.8, 4) is 34.5 Å². The molecule has 1 aliphatic carbocycles. The number of methoxy groups -OCH3 is 3. The highest BCUT2D eigenvalue weighted by molar-refractivity contribution is 5.99. The smallest absolute Gasteiger partial charge is 0.231 e. The van der Waals surface area contributed by atoms with E-state index in [4.69, 9.17) is 28.4 Å². The van der Waals surface area contributed by atoms with E-state index in [1.54, 1.807) is 21.3 Å². The van der Waals surface area contributed by atoms with Crippen molar-refractivity contribution in [1.29, 1.82) is 0 Å². The molecule has 156 valence electrons. The van der Waals surface area contributed by atoms with E-state index >= 15 is 0 Å². The van der Waals surface area contributed by atoms with Gasteiger partial charge >= 0.3 is 0 Å². The van der Waals surface area contributed by atoms with Crippen LogP contribution in [0.5, 0.6) is 34.5 Å². The highest BCUT2D eigenvalue weighted by atomic mass is 16.7. The van der Waals surface area contributed by atoms with Crippen LogP contribution in [-0.2, 0) is 4.79 Å². The van der Waals surface area contributed by atoms with Crippen LogP contribution in [0.2, 0.25) is 0 Å². The number of fused-ring (bicyclic) bond motifs is 2. The molecule has 2 aromatic rings. The maximum atomic E-state index is 13.0. The van der Waals surface area contributed by atoms with Crippen molar-refractivity contribution in [3.63, 3.8) is 0 Å². The maximum Gasteiger partial charge on any atom is 0.231 e. The number of benzene rings is 2. The summed E-state index contributed by atoms with van der Waals surface area (Å²) in [6.45, 7) is 0.166. The lowest BCUT2D eigenvalue weighted by molar-refractivity contribution is -0.116. The zero-order valence-corrected chi connectivity index (χ0v) is 17.1. The lowest BCUT2D eigenvalue weighted by Gasteiger charge is -2.33. The molecule has 0 amide bonds. The van der Waals surface area contributed by atoms with Crippen molar-refractivity contribution >= 4 is 5.78 Å². The molecule has 3 aliphatic rings. The van der Waals surface area contributed by atoms with Crippen LogP contribution in [0.1, 0.15) is 36.3 Å². The number of allylic oxidation sites excluding steroid dienone is 2. The van der Waals surface area contributed by atoms with E-state index in [1.165, 1.54) is 0 Å². The van der Waals surface area contributed by atoms with Gasteiger partial charge in [0, 0.05) is 36.0 Å². The van der Waals surface area contributed by atoms with Gasteiger partial charge in [-0.3, -0.25) is 4.79 Å². The van der Waals surface area contributed by atoms with E-state index in [1.807, 2.05) is 24.3 Å². The molecule has 5 rings (SSSR count). The van der Waals surface area contributed by atoms with Crippen LogP contribution < -0.4 is 28.4 Å². The first-order chi connectivity index (χ1) is 14.6. The number of hydrogen-bond donors (Lipinski definition) is 0. The van der Waals surface area contributed by atoms with Crippen LogP contribution in [0.25, 0.3) is 0 Å². The molecular formula is C23H22O7. The summed E-state index contributed by atoms with van der Waals surface area (Å²) in [7, 11) is 4.72. The molecule has 7 nitrogen and oxygen atoms in total. The molecule has 2 aromatic carbocycles. The van der Waals surface area contributed by atoms with Crippen LogP contribution in [0.4, 0.5) is 0 Å². The Morgan fingerprint density at radius 1 is 0.867 bits per heavy atom. The number of ketones is 1. The van der Waals surface area contributed by atoms with Crippen LogP contribution in [-0.4, -0.2) is 33.9 Å². The normalized spacial score (nSPS) is 19.0. The summed E-state index contributed by atoms with van der Waals surface area (Å²) in [6, 6.07) is 7.51. The first-order valence-corrected chi connectivity index (χ1v) is 9.82. The molecular weight excluding hydrogens is 388 g/mol. The topological polar surface area (TPSA) is 72.5 Å². The summed E-state index contributed by atoms with van der Waals surface area (Å²) in [5.74, 6) is 4.01. The standard InChI is InChI=1S/C23H22O7/c1-25-19-7-12(8-20(26-2)23(19)27-3)21-13-9-17-18(29-11-28-17)10-16(13)30-15-6-4-5-14(24)22(15)21/h7-10,21H,4-6,11H2,1-3H3/t21-/m0/s1. The third-order valence-corrected chi connectivity index (χ3v) is 5.77. The van der Waals surface area contributed by atoms with E-state index in [0.29, 0.717) is 46.5 Å². The molecule has 2 aliphatic heterocycles. The number of carbonyl (C=O) groups is 1. The molecule has 1 atom stereocenters.